The van der Waals surface area contributed by atoms with Crippen molar-refractivity contribution in [2.75, 3.05) is 18.1 Å². The predicted octanol–water partition coefficient (Wildman–Crippen LogP) is 4.20. The van der Waals surface area contributed by atoms with Crippen molar-refractivity contribution >= 4 is 17.4 Å². The van der Waals surface area contributed by atoms with E-state index in [1.165, 1.54) is 5.56 Å². The molecule has 18 heavy (non-hydrogen) atoms. The molecule has 0 aliphatic rings. The fraction of sp³-hybridized carbons (Fsp3) is 0.533. The molecule has 1 aromatic carbocycles. The van der Waals surface area contributed by atoms with Crippen LogP contribution in [0.15, 0.2) is 18.2 Å². The van der Waals surface area contributed by atoms with Crippen molar-refractivity contribution in [1.29, 1.82) is 5.26 Å². The maximum atomic E-state index is 9.12. The van der Waals surface area contributed by atoms with Crippen molar-refractivity contribution in [1.82, 2.24) is 0 Å². The normalized spacial score (nSPS) is 11.1. The smallest absolute Gasteiger partial charge is 0.101 e. The van der Waals surface area contributed by atoms with Gasteiger partial charge in [-0.2, -0.15) is 17.0 Å². The summed E-state index contributed by atoms with van der Waals surface area (Å²) in [6.07, 6.45) is 4.42. The molecule has 0 aromatic heterocycles. The summed E-state index contributed by atoms with van der Waals surface area (Å²) >= 11 is 1.91. The van der Waals surface area contributed by atoms with Gasteiger partial charge < -0.3 is 5.32 Å². The minimum absolute atomic E-state index is 0.260. The number of nitriles is 1. The van der Waals surface area contributed by atoms with Gasteiger partial charge in [-0.3, -0.25) is 0 Å². The van der Waals surface area contributed by atoms with E-state index < -0.39 is 0 Å². The number of aryl methyl sites for hydroxylation is 1. The maximum absolute atomic E-state index is 9.12. The molecular formula is C15H22N2S. The van der Waals surface area contributed by atoms with Crippen molar-refractivity contribution in [3.8, 4) is 6.07 Å². The molecule has 1 rings (SSSR count). The van der Waals surface area contributed by atoms with Gasteiger partial charge in [0.25, 0.3) is 0 Å². The number of thioether (sulfide) groups is 1. The molecular weight excluding hydrogens is 240 g/mol. The van der Waals surface area contributed by atoms with Crippen LogP contribution in [-0.2, 0) is 0 Å². The van der Waals surface area contributed by atoms with E-state index in [1.807, 2.05) is 30.8 Å². The van der Waals surface area contributed by atoms with Gasteiger partial charge in [-0.05, 0) is 43.7 Å². The maximum Gasteiger partial charge on any atom is 0.101 e. The number of benzene rings is 1. The average molecular weight is 262 g/mol. The first-order valence-corrected chi connectivity index (χ1v) is 7.63. The number of rotatable bonds is 6. The molecule has 0 heterocycles. The van der Waals surface area contributed by atoms with Crippen LogP contribution in [-0.4, -0.2) is 17.5 Å². The van der Waals surface area contributed by atoms with E-state index in [0.29, 0.717) is 0 Å². The van der Waals surface area contributed by atoms with E-state index in [1.54, 1.807) is 0 Å². The van der Waals surface area contributed by atoms with E-state index >= 15 is 0 Å². The van der Waals surface area contributed by atoms with E-state index in [2.05, 4.69) is 37.6 Å². The molecule has 0 aliphatic carbocycles. The van der Waals surface area contributed by atoms with Crippen molar-refractivity contribution in [3.05, 3.63) is 29.3 Å². The summed E-state index contributed by atoms with van der Waals surface area (Å²) in [6, 6.07) is 8.16. The molecule has 0 atom stereocenters. The van der Waals surface area contributed by atoms with E-state index in [4.69, 9.17) is 5.26 Å². The molecule has 1 N–H and O–H groups in total. The minimum Gasteiger partial charge on any atom is -0.383 e. The third-order valence-corrected chi connectivity index (χ3v) is 5.21. The van der Waals surface area contributed by atoms with E-state index in [9.17, 15) is 0 Å². The first-order valence-electron chi connectivity index (χ1n) is 6.40. The molecule has 0 saturated heterocycles. The van der Waals surface area contributed by atoms with Crippen molar-refractivity contribution in [2.45, 2.75) is 38.4 Å². The fourth-order valence-electron chi connectivity index (χ4n) is 2.02. The lowest BCUT2D eigenvalue weighted by atomic mass is 10.0. The fourth-order valence-corrected chi connectivity index (χ4v) is 2.81. The molecule has 0 fully saturated rings. The Bertz CT molecular complexity index is 422. The Kier molecular flexibility index (Phi) is 5.55. The van der Waals surface area contributed by atoms with Crippen LogP contribution >= 0.6 is 11.8 Å². The topological polar surface area (TPSA) is 35.8 Å². The second kappa shape index (κ2) is 6.70. The van der Waals surface area contributed by atoms with E-state index in [-0.39, 0.29) is 4.75 Å². The summed E-state index contributed by atoms with van der Waals surface area (Å²) in [5.41, 5.74) is 2.86. The van der Waals surface area contributed by atoms with Gasteiger partial charge in [-0.1, -0.05) is 19.9 Å². The molecule has 3 heteroatoms. The largest absolute Gasteiger partial charge is 0.383 e. The predicted molar refractivity (Wildman–Crippen MR) is 81.2 cm³/mol. The third kappa shape index (κ3) is 3.43. The van der Waals surface area contributed by atoms with Crippen LogP contribution in [0.2, 0.25) is 0 Å². The zero-order chi connectivity index (χ0) is 13.6. The highest BCUT2D eigenvalue weighted by Gasteiger charge is 2.24. The molecule has 0 unspecified atom stereocenters. The molecule has 0 aliphatic heterocycles. The molecule has 0 spiro atoms. The number of nitrogens with zero attached hydrogens (tertiary/aromatic N) is 1. The number of hydrogen-bond donors (Lipinski definition) is 1. The Labute approximate surface area is 115 Å². The monoisotopic (exact) mass is 262 g/mol. The second-order valence-corrected chi connectivity index (χ2v) is 5.88. The SMILES string of the molecule is CCC(CC)(CNc1cc(C)ccc1C#N)SC. The quantitative estimate of drug-likeness (QED) is 0.834. The standard InChI is InChI=1S/C15H22N2S/c1-5-15(6-2,18-4)11-17-14-9-12(3)7-8-13(14)10-16/h7-9,17H,5-6,11H2,1-4H3. The van der Waals surface area contributed by atoms with Gasteiger partial charge in [0.05, 0.1) is 11.3 Å². The summed E-state index contributed by atoms with van der Waals surface area (Å²) in [5.74, 6) is 0. The Balaban J connectivity index is 2.85. The lowest BCUT2D eigenvalue weighted by Crippen LogP contribution is -2.32. The Hall–Kier alpha value is -1.14. The van der Waals surface area contributed by atoms with Gasteiger partial charge in [0, 0.05) is 11.3 Å². The van der Waals surface area contributed by atoms with Crippen LogP contribution in [0.3, 0.4) is 0 Å². The minimum atomic E-state index is 0.260. The lowest BCUT2D eigenvalue weighted by molar-refractivity contribution is 0.574. The molecule has 1 aromatic rings. The molecule has 0 radical (unpaired) electrons. The molecule has 2 nitrogen and oxygen atoms in total. The highest BCUT2D eigenvalue weighted by Crippen LogP contribution is 2.31. The van der Waals surface area contributed by atoms with Crippen LogP contribution in [0, 0.1) is 18.3 Å². The Morgan fingerprint density at radius 2 is 2.00 bits per heavy atom. The zero-order valence-corrected chi connectivity index (χ0v) is 12.5. The van der Waals surface area contributed by atoms with Gasteiger partial charge in [0.1, 0.15) is 6.07 Å². The highest BCUT2D eigenvalue weighted by molar-refractivity contribution is 8.00. The van der Waals surface area contributed by atoms with Crippen LogP contribution < -0.4 is 5.32 Å². The first kappa shape index (κ1) is 14.9. The van der Waals surface area contributed by atoms with Crippen LogP contribution in [0.1, 0.15) is 37.8 Å². The van der Waals surface area contributed by atoms with Crippen LogP contribution in [0.25, 0.3) is 0 Å². The van der Waals surface area contributed by atoms with Gasteiger partial charge in [-0.15, -0.1) is 0 Å². The zero-order valence-electron chi connectivity index (χ0n) is 11.7. The second-order valence-electron chi connectivity index (χ2n) is 4.61. The summed E-state index contributed by atoms with van der Waals surface area (Å²) in [6.45, 7) is 7.40. The van der Waals surface area contributed by atoms with Crippen molar-refractivity contribution < 1.29 is 0 Å². The van der Waals surface area contributed by atoms with Gasteiger partial charge >= 0.3 is 0 Å². The van der Waals surface area contributed by atoms with Crippen molar-refractivity contribution in [3.63, 3.8) is 0 Å². The van der Waals surface area contributed by atoms with Crippen molar-refractivity contribution in [2.24, 2.45) is 0 Å². The van der Waals surface area contributed by atoms with Crippen LogP contribution in [0.5, 0.6) is 0 Å². The summed E-state index contributed by atoms with van der Waals surface area (Å²) in [5, 5.41) is 12.6. The number of anilines is 1. The van der Waals surface area contributed by atoms with Gasteiger partial charge in [-0.25, -0.2) is 0 Å². The number of nitrogens with one attached hydrogen (secondary N) is 1. The summed E-state index contributed by atoms with van der Waals surface area (Å²) < 4.78 is 0.260. The first-order chi connectivity index (χ1) is 8.60. The van der Waals surface area contributed by atoms with E-state index in [0.717, 1.165) is 30.6 Å². The average Bonchev–Trinajstić information content (AvgIpc) is 2.41. The number of hydrogen-bond acceptors (Lipinski definition) is 3. The molecule has 0 bridgehead atoms. The third-order valence-electron chi connectivity index (χ3n) is 3.62. The lowest BCUT2D eigenvalue weighted by Gasteiger charge is -2.30. The van der Waals surface area contributed by atoms with Crippen LogP contribution in [0.4, 0.5) is 5.69 Å². The van der Waals surface area contributed by atoms with Gasteiger partial charge in [0.15, 0.2) is 0 Å². The Morgan fingerprint density at radius 3 is 2.50 bits per heavy atom. The molecule has 98 valence electrons. The highest BCUT2D eigenvalue weighted by atomic mass is 32.2. The Morgan fingerprint density at radius 1 is 1.33 bits per heavy atom. The molecule has 0 saturated carbocycles. The van der Waals surface area contributed by atoms with Gasteiger partial charge in [0.2, 0.25) is 0 Å². The summed E-state index contributed by atoms with van der Waals surface area (Å²) in [7, 11) is 0. The molecule has 0 amide bonds. The summed E-state index contributed by atoms with van der Waals surface area (Å²) in [4.78, 5) is 0.